The van der Waals surface area contributed by atoms with Crippen molar-refractivity contribution < 1.29 is 14.0 Å². The Morgan fingerprint density at radius 3 is 2.52 bits per heavy atom. The smallest absolute Gasteiger partial charge is 0.270 e. The van der Waals surface area contributed by atoms with E-state index in [2.05, 4.69) is 26.8 Å². The van der Waals surface area contributed by atoms with Gasteiger partial charge in [0.25, 0.3) is 5.91 Å². The molecule has 2 aromatic rings. The Morgan fingerprint density at radius 2 is 1.83 bits per heavy atom. The van der Waals surface area contributed by atoms with Crippen LogP contribution in [0.5, 0.6) is 0 Å². The molecule has 2 N–H and O–H groups in total. The fraction of sp³-hybridized carbons (Fsp3) is 0.0667. The molecule has 0 heterocycles. The summed E-state index contributed by atoms with van der Waals surface area (Å²) < 4.78 is 13.6. The average Bonchev–Trinajstić information content (AvgIpc) is 2.54. The molecule has 0 bridgehead atoms. The van der Waals surface area contributed by atoms with Crippen LogP contribution in [0.1, 0.15) is 10.4 Å². The number of thioether (sulfide) groups is 1. The highest BCUT2D eigenvalue weighted by Crippen LogP contribution is 2.20. The number of hydrogen-bond acceptors (Lipinski definition) is 3. The number of hydrazine groups is 1. The summed E-state index contributed by atoms with van der Waals surface area (Å²) in [7, 11) is 0. The van der Waals surface area contributed by atoms with E-state index in [-0.39, 0.29) is 17.2 Å². The first kappa shape index (κ1) is 17.8. The summed E-state index contributed by atoms with van der Waals surface area (Å²) >= 11 is 10.2. The van der Waals surface area contributed by atoms with Crippen LogP contribution in [0.3, 0.4) is 0 Å². The van der Waals surface area contributed by atoms with Crippen molar-refractivity contribution >= 4 is 51.1 Å². The minimum absolute atomic E-state index is 0.0932. The van der Waals surface area contributed by atoms with Crippen LogP contribution in [0.4, 0.5) is 4.39 Å². The molecular formula is C15H11BrClFN2O2S. The molecule has 120 valence electrons. The average molecular weight is 418 g/mol. The standard InChI is InChI=1S/C15H11BrClFN2O2S/c16-13-6-3-10(18)7-12(13)15(22)20-19-14(21)8-23-11-4-1-9(17)2-5-11/h1-7H,8H2,(H,19,21)(H,20,22). The molecule has 0 unspecified atom stereocenters. The molecule has 2 aromatic carbocycles. The molecule has 0 aliphatic rings. The van der Waals surface area contributed by atoms with Gasteiger partial charge in [0.15, 0.2) is 0 Å². The van der Waals surface area contributed by atoms with Gasteiger partial charge in [-0.3, -0.25) is 20.4 Å². The zero-order valence-electron chi connectivity index (χ0n) is 11.6. The Morgan fingerprint density at radius 1 is 1.13 bits per heavy atom. The third kappa shape index (κ3) is 5.53. The van der Waals surface area contributed by atoms with E-state index in [1.165, 1.54) is 23.9 Å². The molecule has 0 fully saturated rings. The molecular weight excluding hydrogens is 407 g/mol. The van der Waals surface area contributed by atoms with Gasteiger partial charge in [0.05, 0.1) is 11.3 Å². The van der Waals surface area contributed by atoms with Gasteiger partial charge in [0.2, 0.25) is 5.91 Å². The Hall–Kier alpha value is -1.57. The first-order valence-electron chi connectivity index (χ1n) is 6.38. The third-order valence-corrected chi connectivity index (χ3v) is 4.63. The highest BCUT2D eigenvalue weighted by Gasteiger charge is 2.12. The van der Waals surface area contributed by atoms with Crippen LogP contribution in [0.2, 0.25) is 5.02 Å². The molecule has 0 atom stereocenters. The van der Waals surface area contributed by atoms with E-state index in [1.54, 1.807) is 24.3 Å². The summed E-state index contributed by atoms with van der Waals surface area (Å²) in [5.74, 6) is -1.42. The van der Waals surface area contributed by atoms with Crippen molar-refractivity contribution in [1.82, 2.24) is 10.9 Å². The molecule has 4 nitrogen and oxygen atoms in total. The maximum absolute atomic E-state index is 13.1. The van der Waals surface area contributed by atoms with E-state index >= 15 is 0 Å². The van der Waals surface area contributed by atoms with Gasteiger partial charge in [-0.2, -0.15) is 0 Å². The number of rotatable bonds is 4. The summed E-state index contributed by atoms with van der Waals surface area (Å²) in [5, 5.41) is 0.617. The number of hydrogen-bond donors (Lipinski definition) is 2. The van der Waals surface area contributed by atoms with Crippen molar-refractivity contribution in [3.05, 3.63) is 63.3 Å². The van der Waals surface area contributed by atoms with Crippen molar-refractivity contribution in [3.8, 4) is 0 Å². The molecule has 0 aliphatic carbocycles. The van der Waals surface area contributed by atoms with Crippen LogP contribution in [0.15, 0.2) is 51.8 Å². The predicted molar refractivity (Wildman–Crippen MR) is 91.9 cm³/mol. The minimum atomic E-state index is -0.610. The Kier molecular flexibility index (Phi) is 6.44. The number of benzene rings is 2. The lowest BCUT2D eigenvalue weighted by atomic mass is 10.2. The first-order valence-corrected chi connectivity index (χ1v) is 8.54. The molecule has 8 heteroatoms. The lowest BCUT2D eigenvalue weighted by Crippen LogP contribution is -2.42. The van der Waals surface area contributed by atoms with Crippen molar-refractivity contribution in [3.63, 3.8) is 0 Å². The number of nitrogens with one attached hydrogen (secondary N) is 2. The van der Waals surface area contributed by atoms with E-state index in [9.17, 15) is 14.0 Å². The van der Waals surface area contributed by atoms with Gasteiger partial charge < -0.3 is 0 Å². The van der Waals surface area contributed by atoms with Gasteiger partial charge in [0.1, 0.15) is 5.82 Å². The van der Waals surface area contributed by atoms with Crippen molar-refractivity contribution in [2.45, 2.75) is 4.90 Å². The van der Waals surface area contributed by atoms with Crippen molar-refractivity contribution in [1.29, 1.82) is 0 Å². The fourth-order valence-electron chi connectivity index (χ4n) is 1.58. The van der Waals surface area contributed by atoms with Gasteiger partial charge in [-0.1, -0.05) is 11.6 Å². The molecule has 0 spiro atoms. The molecule has 0 aromatic heterocycles. The summed E-state index contributed by atoms with van der Waals surface area (Å²) in [5.41, 5.74) is 4.62. The Labute approximate surface area is 149 Å². The van der Waals surface area contributed by atoms with E-state index < -0.39 is 11.7 Å². The highest BCUT2D eigenvalue weighted by atomic mass is 79.9. The van der Waals surface area contributed by atoms with E-state index in [4.69, 9.17) is 11.6 Å². The Bertz CT molecular complexity index is 728. The van der Waals surface area contributed by atoms with Crippen LogP contribution >= 0.6 is 39.3 Å². The second-order valence-corrected chi connectivity index (χ2v) is 6.71. The van der Waals surface area contributed by atoms with Crippen LogP contribution in [0.25, 0.3) is 0 Å². The normalized spacial score (nSPS) is 10.2. The van der Waals surface area contributed by atoms with E-state index in [1.807, 2.05) is 0 Å². The zero-order chi connectivity index (χ0) is 16.8. The number of halogens is 3. The topological polar surface area (TPSA) is 58.2 Å². The summed E-state index contributed by atoms with van der Waals surface area (Å²) in [4.78, 5) is 24.5. The molecule has 0 saturated carbocycles. The van der Waals surface area contributed by atoms with Crippen molar-refractivity contribution in [2.75, 3.05) is 5.75 Å². The lowest BCUT2D eigenvalue weighted by Gasteiger charge is -2.08. The summed E-state index contributed by atoms with van der Waals surface area (Å²) in [6.07, 6.45) is 0. The van der Waals surface area contributed by atoms with Crippen LogP contribution in [-0.2, 0) is 4.79 Å². The Balaban J connectivity index is 1.83. The molecule has 0 saturated heterocycles. The quantitative estimate of drug-likeness (QED) is 0.588. The van der Waals surface area contributed by atoms with Gasteiger partial charge >= 0.3 is 0 Å². The van der Waals surface area contributed by atoms with Gasteiger partial charge in [0, 0.05) is 14.4 Å². The SMILES string of the molecule is O=C(CSc1ccc(Cl)cc1)NNC(=O)c1cc(F)ccc1Br. The fourth-order valence-corrected chi connectivity index (χ4v) is 2.83. The van der Waals surface area contributed by atoms with E-state index in [0.717, 1.165) is 11.0 Å². The second kappa shape index (κ2) is 8.33. The number of carbonyl (C=O) groups is 2. The predicted octanol–water partition coefficient (Wildman–Crippen LogP) is 3.79. The second-order valence-electron chi connectivity index (χ2n) is 4.37. The molecule has 23 heavy (non-hydrogen) atoms. The molecule has 0 aliphatic heterocycles. The maximum Gasteiger partial charge on any atom is 0.270 e. The monoisotopic (exact) mass is 416 g/mol. The number of carbonyl (C=O) groups excluding carboxylic acids is 2. The zero-order valence-corrected chi connectivity index (χ0v) is 14.8. The molecule has 2 rings (SSSR count). The van der Waals surface area contributed by atoms with Crippen LogP contribution < -0.4 is 10.9 Å². The summed E-state index contributed by atoms with van der Waals surface area (Å²) in [6, 6.07) is 10.8. The maximum atomic E-state index is 13.1. The lowest BCUT2D eigenvalue weighted by molar-refractivity contribution is -0.119. The van der Waals surface area contributed by atoms with E-state index in [0.29, 0.717) is 9.50 Å². The van der Waals surface area contributed by atoms with Gasteiger partial charge in [-0.15, -0.1) is 11.8 Å². The third-order valence-electron chi connectivity index (χ3n) is 2.67. The summed E-state index contributed by atoms with van der Waals surface area (Å²) in [6.45, 7) is 0. The largest absolute Gasteiger partial charge is 0.272 e. The van der Waals surface area contributed by atoms with Gasteiger partial charge in [-0.25, -0.2) is 4.39 Å². The molecule has 2 amide bonds. The van der Waals surface area contributed by atoms with Crippen LogP contribution in [0, 0.1) is 5.82 Å². The number of amides is 2. The minimum Gasteiger partial charge on any atom is -0.272 e. The van der Waals surface area contributed by atoms with Crippen molar-refractivity contribution in [2.24, 2.45) is 0 Å². The first-order chi connectivity index (χ1) is 11.0. The van der Waals surface area contributed by atoms with Crippen LogP contribution in [-0.4, -0.2) is 17.6 Å². The highest BCUT2D eigenvalue weighted by molar-refractivity contribution is 9.10. The molecule has 0 radical (unpaired) electrons. The van der Waals surface area contributed by atoms with Gasteiger partial charge in [-0.05, 0) is 58.4 Å².